The highest BCUT2D eigenvalue weighted by molar-refractivity contribution is 5.77. The van der Waals surface area contributed by atoms with Crippen molar-refractivity contribution in [2.45, 2.75) is 6.10 Å². The molecule has 0 amide bonds. The molecule has 0 radical (unpaired) electrons. The maximum Gasteiger partial charge on any atom is 0.313 e. The average molecular weight is 174 g/mol. The van der Waals surface area contributed by atoms with Crippen molar-refractivity contribution in [3.05, 3.63) is 24.3 Å². The number of hydrogen-bond acceptors (Lipinski definition) is 2. The van der Waals surface area contributed by atoms with Crippen LogP contribution in [0, 0.1) is 29.6 Å². The van der Waals surface area contributed by atoms with Gasteiger partial charge < -0.3 is 4.74 Å². The van der Waals surface area contributed by atoms with Gasteiger partial charge in [-0.1, -0.05) is 24.3 Å². The first-order chi connectivity index (χ1) is 6.36. The Morgan fingerprint density at radius 3 is 2.54 bits per heavy atom. The SMILES string of the molecule is O=C1O[C@@H]2[C@H]3C=C[C@@H]4[C@H]3[C@@H]2C=C[C@H]14. The maximum absolute atomic E-state index is 11.6. The summed E-state index contributed by atoms with van der Waals surface area (Å²) in [5, 5.41) is 0. The molecule has 2 nitrogen and oxygen atoms in total. The molecule has 2 saturated heterocycles. The van der Waals surface area contributed by atoms with Crippen LogP contribution in [0.3, 0.4) is 0 Å². The standard InChI is InChI=1S/C11H10O2/c12-11-6-2-4-8-9-5(6)1-3-7(9)10(8)13-11/h1-10H/t5-,6-,7-,8-,9+,10+/m0/s1. The molecule has 6 bridgehead atoms. The molecule has 1 saturated carbocycles. The van der Waals surface area contributed by atoms with Crippen LogP contribution in [-0.2, 0) is 9.53 Å². The molecule has 0 spiro atoms. The zero-order valence-electron chi connectivity index (χ0n) is 7.09. The summed E-state index contributed by atoms with van der Waals surface area (Å²) in [6.45, 7) is 0. The molecule has 6 atom stereocenters. The molecule has 6 rings (SSSR count). The fourth-order valence-corrected chi connectivity index (χ4v) is 3.52. The zero-order chi connectivity index (χ0) is 8.58. The summed E-state index contributed by atoms with van der Waals surface area (Å²) in [6, 6.07) is 0. The lowest BCUT2D eigenvalue weighted by Crippen LogP contribution is -2.50. The van der Waals surface area contributed by atoms with Gasteiger partial charge in [0.25, 0.3) is 0 Å². The number of rotatable bonds is 0. The van der Waals surface area contributed by atoms with E-state index in [9.17, 15) is 4.79 Å². The maximum atomic E-state index is 11.6. The third-order valence-corrected chi connectivity index (χ3v) is 4.13. The smallest absolute Gasteiger partial charge is 0.313 e. The van der Waals surface area contributed by atoms with Gasteiger partial charge in [-0.05, 0) is 11.8 Å². The summed E-state index contributed by atoms with van der Waals surface area (Å²) in [5.74, 6) is 2.22. The lowest BCUT2D eigenvalue weighted by molar-refractivity contribution is -0.159. The zero-order valence-corrected chi connectivity index (χ0v) is 7.09. The van der Waals surface area contributed by atoms with E-state index in [0.717, 1.165) is 0 Å². The van der Waals surface area contributed by atoms with Gasteiger partial charge >= 0.3 is 5.97 Å². The second-order valence-electron chi connectivity index (χ2n) is 4.51. The van der Waals surface area contributed by atoms with Crippen molar-refractivity contribution in [1.29, 1.82) is 0 Å². The Morgan fingerprint density at radius 2 is 1.69 bits per heavy atom. The second-order valence-corrected chi connectivity index (χ2v) is 4.51. The van der Waals surface area contributed by atoms with E-state index >= 15 is 0 Å². The Morgan fingerprint density at radius 1 is 1.00 bits per heavy atom. The quantitative estimate of drug-likeness (QED) is 0.406. The van der Waals surface area contributed by atoms with Crippen molar-refractivity contribution >= 4 is 5.97 Å². The number of carbonyl (C=O) groups excluding carboxylic acids is 1. The van der Waals surface area contributed by atoms with E-state index in [4.69, 9.17) is 4.74 Å². The van der Waals surface area contributed by atoms with Crippen LogP contribution in [0.5, 0.6) is 0 Å². The number of hydrogen-bond donors (Lipinski definition) is 0. The van der Waals surface area contributed by atoms with Crippen molar-refractivity contribution in [3.8, 4) is 0 Å². The number of ether oxygens (including phenoxy) is 1. The number of allylic oxidation sites excluding steroid dienone is 1. The minimum atomic E-state index is 0.00287. The van der Waals surface area contributed by atoms with Crippen molar-refractivity contribution in [1.82, 2.24) is 0 Å². The Balaban J connectivity index is 1.96. The third kappa shape index (κ3) is 0.523. The van der Waals surface area contributed by atoms with Gasteiger partial charge in [0.1, 0.15) is 6.10 Å². The van der Waals surface area contributed by atoms with E-state index < -0.39 is 0 Å². The summed E-state index contributed by atoms with van der Waals surface area (Å²) in [4.78, 5) is 11.6. The average Bonchev–Trinajstić information content (AvgIpc) is 2.38. The molecule has 0 aromatic heterocycles. The van der Waals surface area contributed by atoms with Crippen LogP contribution in [0.25, 0.3) is 0 Å². The third-order valence-electron chi connectivity index (χ3n) is 4.13. The first-order valence-electron chi connectivity index (χ1n) is 4.93. The minimum absolute atomic E-state index is 0.00287. The lowest BCUT2D eigenvalue weighted by Gasteiger charge is -2.47. The normalized spacial score (nSPS) is 58.9. The van der Waals surface area contributed by atoms with E-state index in [2.05, 4.69) is 24.3 Å². The van der Waals surface area contributed by atoms with Gasteiger partial charge in [0.05, 0.1) is 5.92 Å². The Labute approximate surface area is 76.3 Å². The first-order valence-corrected chi connectivity index (χ1v) is 4.93. The predicted octanol–water partition coefficient (Wildman–Crippen LogP) is 1.15. The molecule has 0 unspecified atom stereocenters. The van der Waals surface area contributed by atoms with Crippen molar-refractivity contribution in [2.75, 3.05) is 0 Å². The Kier molecular flexibility index (Phi) is 0.859. The van der Waals surface area contributed by atoms with E-state index in [1.54, 1.807) is 0 Å². The van der Waals surface area contributed by atoms with Gasteiger partial charge in [0.15, 0.2) is 0 Å². The van der Waals surface area contributed by atoms with Crippen LogP contribution >= 0.6 is 0 Å². The molecule has 0 N–H and O–H groups in total. The molecule has 0 aromatic rings. The summed E-state index contributed by atoms with van der Waals surface area (Å²) in [7, 11) is 0. The van der Waals surface area contributed by atoms with Crippen LogP contribution in [0.15, 0.2) is 24.3 Å². The van der Waals surface area contributed by atoms with Crippen molar-refractivity contribution < 1.29 is 9.53 Å². The molecule has 3 aliphatic carbocycles. The number of carbonyl (C=O) groups is 1. The van der Waals surface area contributed by atoms with Gasteiger partial charge in [-0.2, -0.15) is 0 Å². The largest absolute Gasteiger partial charge is 0.461 e. The van der Waals surface area contributed by atoms with Crippen molar-refractivity contribution in [3.63, 3.8) is 0 Å². The summed E-state index contributed by atoms with van der Waals surface area (Å²) in [5.41, 5.74) is 0. The molecular formula is C11H10O2. The topological polar surface area (TPSA) is 26.3 Å². The van der Waals surface area contributed by atoms with E-state index in [-0.39, 0.29) is 18.0 Å². The summed E-state index contributed by atoms with van der Waals surface area (Å²) < 4.78 is 5.45. The van der Waals surface area contributed by atoms with Gasteiger partial charge in [-0.3, -0.25) is 4.79 Å². The van der Waals surface area contributed by atoms with E-state index in [1.807, 2.05) is 0 Å². The molecule has 3 aliphatic heterocycles. The lowest BCUT2D eigenvalue weighted by atomic mass is 9.57. The minimum Gasteiger partial charge on any atom is -0.461 e. The Bertz CT molecular complexity index is 355. The van der Waals surface area contributed by atoms with Gasteiger partial charge in [0.2, 0.25) is 0 Å². The van der Waals surface area contributed by atoms with Crippen LogP contribution in [0.1, 0.15) is 0 Å². The van der Waals surface area contributed by atoms with Crippen LogP contribution in [0.2, 0.25) is 0 Å². The van der Waals surface area contributed by atoms with Crippen LogP contribution < -0.4 is 0 Å². The highest BCUT2D eigenvalue weighted by atomic mass is 16.5. The van der Waals surface area contributed by atoms with Crippen LogP contribution in [0.4, 0.5) is 0 Å². The second kappa shape index (κ2) is 1.74. The van der Waals surface area contributed by atoms with Crippen LogP contribution in [-0.4, -0.2) is 12.1 Å². The van der Waals surface area contributed by atoms with Crippen molar-refractivity contribution in [2.24, 2.45) is 29.6 Å². The highest BCUT2D eigenvalue weighted by Crippen LogP contribution is 2.59. The molecular weight excluding hydrogens is 164 g/mol. The summed E-state index contributed by atoms with van der Waals surface area (Å²) in [6.07, 6.45) is 8.91. The van der Waals surface area contributed by atoms with Gasteiger partial charge in [0, 0.05) is 11.8 Å². The first kappa shape index (κ1) is 6.41. The molecule has 6 aliphatic rings. The highest BCUT2D eigenvalue weighted by Gasteiger charge is 2.62. The number of esters is 1. The summed E-state index contributed by atoms with van der Waals surface area (Å²) >= 11 is 0. The monoisotopic (exact) mass is 174 g/mol. The molecule has 13 heavy (non-hydrogen) atoms. The molecule has 3 heterocycles. The Hall–Kier alpha value is -1.05. The molecule has 0 aromatic carbocycles. The fraction of sp³-hybridized carbons (Fsp3) is 0.545. The molecule has 66 valence electrons. The van der Waals surface area contributed by atoms with E-state index in [1.165, 1.54) is 0 Å². The molecule has 2 heteroatoms. The van der Waals surface area contributed by atoms with Gasteiger partial charge in [-0.25, -0.2) is 0 Å². The van der Waals surface area contributed by atoms with E-state index in [0.29, 0.717) is 23.7 Å². The molecule has 3 fully saturated rings. The predicted molar refractivity (Wildman–Crippen MR) is 45.6 cm³/mol. The fourth-order valence-electron chi connectivity index (χ4n) is 3.52. The van der Waals surface area contributed by atoms with Gasteiger partial charge in [-0.15, -0.1) is 0 Å².